The van der Waals surface area contributed by atoms with Crippen molar-refractivity contribution in [2.24, 2.45) is 0 Å². The summed E-state index contributed by atoms with van der Waals surface area (Å²) in [7, 11) is 0. The molecule has 1 atom stereocenters. The van der Waals surface area contributed by atoms with Crippen LogP contribution in [0.2, 0.25) is 0 Å². The molecule has 2 aromatic carbocycles. The van der Waals surface area contributed by atoms with Crippen molar-refractivity contribution in [3.05, 3.63) is 78.2 Å². The standard InChI is InChI=1S/C21H18N4O/c26-21(25-9-8-20(25)14-4-2-1-3-5-14)19-11-16-7-6-15(10-18(16)24-19)17-12-22-23-13-17/h1-7,10-13,20,24H,8-9H2,(H,22,23)/t20-/m1/s1. The molecule has 0 unspecified atom stereocenters. The molecule has 5 heteroatoms. The number of carbonyl (C=O) groups is 1. The zero-order valence-corrected chi connectivity index (χ0v) is 14.1. The second kappa shape index (κ2) is 5.88. The molecule has 26 heavy (non-hydrogen) atoms. The molecule has 4 aromatic rings. The first kappa shape index (κ1) is 15.0. The lowest BCUT2D eigenvalue weighted by Crippen LogP contribution is -2.45. The van der Waals surface area contributed by atoms with Crippen molar-refractivity contribution in [3.8, 4) is 11.1 Å². The molecule has 1 aliphatic heterocycles. The first-order valence-electron chi connectivity index (χ1n) is 8.77. The lowest BCUT2D eigenvalue weighted by atomic mass is 9.94. The topological polar surface area (TPSA) is 64.8 Å². The fourth-order valence-electron chi connectivity index (χ4n) is 3.64. The van der Waals surface area contributed by atoms with Gasteiger partial charge in [-0.15, -0.1) is 0 Å². The van der Waals surface area contributed by atoms with Crippen LogP contribution in [0.1, 0.15) is 28.5 Å². The Morgan fingerprint density at radius 3 is 2.69 bits per heavy atom. The van der Waals surface area contributed by atoms with Crippen molar-refractivity contribution in [2.75, 3.05) is 6.54 Å². The first-order valence-corrected chi connectivity index (χ1v) is 8.77. The van der Waals surface area contributed by atoms with Crippen molar-refractivity contribution in [1.82, 2.24) is 20.1 Å². The molecular formula is C21H18N4O. The minimum absolute atomic E-state index is 0.0613. The Morgan fingerprint density at radius 1 is 1.08 bits per heavy atom. The third kappa shape index (κ3) is 2.40. The molecule has 0 spiro atoms. The average molecular weight is 342 g/mol. The van der Waals surface area contributed by atoms with Gasteiger partial charge in [-0.3, -0.25) is 9.89 Å². The lowest BCUT2D eigenvalue weighted by molar-refractivity contribution is 0.0455. The Balaban J connectivity index is 1.44. The summed E-state index contributed by atoms with van der Waals surface area (Å²) in [5, 5.41) is 7.86. The molecule has 1 fully saturated rings. The third-order valence-corrected chi connectivity index (χ3v) is 5.15. The summed E-state index contributed by atoms with van der Waals surface area (Å²) in [4.78, 5) is 18.2. The highest BCUT2D eigenvalue weighted by Gasteiger charge is 2.34. The van der Waals surface area contributed by atoms with E-state index in [2.05, 4.69) is 33.4 Å². The number of carbonyl (C=O) groups excluding carboxylic acids is 1. The smallest absolute Gasteiger partial charge is 0.270 e. The number of benzene rings is 2. The van der Waals surface area contributed by atoms with Crippen LogP contribution in [0.4, 0.5) is 0 Å². The van der Waals surface area contributed by atoms with Crippen LogP contribution in [0.25, 0.3) is 22.0 Å². The van der Waals surface area contributed by atoms with E-state index < -0.39 is 0 Å². The van der Waals surface area contributed by atoms with Gasteiger partial charge in [-0.25, -0.2) is 0 Å². The van der Waals surface area contributed by atoms with E-state index in [1.54, 1.807) is 6.20 Å². The Morgan fingerprint density at radius 2 is 1.96 bits per heavy atom. The highest BCUT2D eigenvalue weighted by molar-refractivity contribution is 5.99. The van der Waals surface area contributed by atoms with Gasteiger partial charge < -0.3 is 9.88 Å². The van der Waals surface area contributed by atoms with Crippen LogP contribution >= 0.6 is 0 Å². The number of rotatable bonds is 3. The third-order valence-electron chi connectivity index (χ3n) is 5.15. The molecule has 0 aliphatic carbocycles. The largest absolute Gasteiger partial charge is 0.351 e. The maximum Gasteiger partial charge on any atom is 0.270 e. The molecular weight excluding hydrogens is 324 g/mol. The molecule has 0 saturated carbocycles. The van der Waals surface area contributed by atoms with E-state index in [9.17, 15) is 4.79 Å². The van der Waals surface area contributed by atoms with Gasteiger partial charge in [0.25, 0.3) is 5.91 Å². The molecule has 0 bridgehead atoms. The number of likely N-dealkylation sites (tertiary alicyclic amines) is 1. The van der Waals surface area contributed by atoms with E-state index in [-0.39, 0.29) is 11.9 Å². The minimum atomic E-state index is 0.0613. The molecule has 2 aromatic heterocycles. The number of hydrogen-bond acceptors (Lipinski definition) is 2. The Bertz CT molecular complexity index is 1070. The highest BCUT2D eigenvalue weighted by atomic mass is 16.2. The number of nitrogens with zero attached hydrogens (tertiary/aromatic N) is 2. The van der Waals surface area contributed by atoms with Gasteiger partial charge in [0.2, 0.25) is 0 Å². The van der Waals surface area contributed by atoms with E-state index in [1.807, 2.05) is 47.5 Å². The quantitative estimate of drug-likeness (QED) is 0.587. The molecule has 2 N–H and O–H groups in total. The van der Waals surface area contributed by atoms with Gasteiger partial charge in [-0.05, 0) is 29.7 Å². The average Bonchev–Trinajstić information content (AvgIpc) is 3.30. The molecule has 5 nitrogen and oxygen atoms in total. The van der Waals surface area contributed by atoms with Crippen LogP contribution in [0.15, 0.2) is 67.0 Å². The van der Waals surface area contributed by atoms with E-state index in [0.29, 0.717) is 5.69 Å². The monoisotopic (exact) mass is 342 g/mol. The Kier molecular flexibility index (Phi) is 3.38. The van der Waals surface area contributed by atoms with Gasteiger partial charge in [0.1, 0.15) is 5.69 Å². The summed E-state index contributed by atoms with van der Waals surface area (Å²) in [6.45, 7) is 0.800. The molecule has 1 aliphatic rings. The maximum atomic E-state index is 13.0. The molecule has 128 valence electrons. The van der Waals surface area contributed by atoms with Gasteiger partial charge in [-0.2, -0.15) is 5.10 Å². The van der Waals surface area contributed by atoms with Crippen LogP contribution in [0.3, 0.4) is 0 Å². The van der Waals surface area contributed by atoms with Crippen LogP contribution in [0.5, 0.6) is 0 Å². The number of aromatic amines is 2. The minimum Gasteiger partial charge on any atom is -0.351 e. The predicted octanol–water partition coefficient (Wildman–Crippen LogP) is 4.15. The Labute approximate surface area is 150 Å². The normalized spacial score (nSPS) is 16.6. The van der Waals surface area contributed by atoms with Crippen LogP contribution in [-0.4, -0.2) is 32.5 Å². The number of fused-ring (bicyclic) bond motifs is 1. The molecule has 1 saturated heterocycles. The van der Waals surface area contributed by atoms with Gasteiger partial charge in [0.05, 0.1) is 12.2 Å². The SMILES string of the molecule is O=C(c1cc2ccc(-c3cn[nH]c3)cc2[nH]1)N1CC[C@@H]1c1ccccc1. The van der Waals surface area contributed by atoms with Crippen molar-refractivity contribution in [1.29, 1.82) is 0 Å². The van der Waals surface area contributed by atoms with E-state index in [1.165, 1.54) is 5.56 Å². The number of hydrogen-bond donors (Lipinski definition) is 2. The Hall–Kier alpha value is -3.34. The number of amides is 1. The van der Waals surface area contributed by atoms with E-state index >= 15 is 0 Å². The zero-order chi connectivity index (χ0) is 17.5. The summed E-state index contributed by atoms with van der Waals surface area (Å²) in [6.07, 6.45) is 4.67. The molecule has 1 amide bonds. The van der Waals surface area contributed by atoms with Gasteiger partial charge in [0.15, 0.2) is 0 Å². The van der Waals surface area contributed by atoms with Crippen LogP contribution in [-0.2, 0) is 0 Å². The predicted molar refractivity (Wildman–Crippen MR) is 101 cm³/mol. The van der Waals surface area contributed by atoms with Gasteiger partial charge in [-0.1, -0.05) is 42.5 Å². The lowest BCUT2D eigenvalue weighted by Gasteiger charge is -2.41. The van der Waals surface area contributed by atoms with Crippen molar-refractivity contribution >= 4 is 16.8 Å². The molecule has 3 heterocycles. The molecule has 0 radical (unpaired) electrons. The second-order valence-corrected chi connectivity index (χ2v) is 6.69. The van der Waals surface area contributed by atoms with Crippen LogP contribution in [0, 0.1) is 0 Å². The summed E-state index contributed by atoms with van der Waals surface area (Å²) < 4.78 is 0. The summed E-state index contributed by atoms with van der Waals surface area (Å²) in [5.74, 6) is 0.0613. The fourth-order valence-corrected chi connectivity index (χ4v) is 3.64. The first-order chi connectivity index (χ1) is 12.8. The number of H-pyrrole nitrogens is 2. The van der Waals surface area contributed by atoms with Crippen molar-refractivity contribution < 1.29 is 4.79 Å². The molecule has 5 rings (SSSR count). The summed E-state index contributed by atoms with van der Waals surface area (Å²) in [5.41, 5.74) is 4.90. The number of nitrogens with one attached hydrogen (secondary N) is 2. The highest BCUT2D eigenvalue weighted by Crippen LogP contribution is 2.34. The zero-order valence-electron chi connectivity index (χ0n) is 14.1. The van der Waals surface area contributed by atoms with E-state index in [0.717, 1.165) is 35.0 Å². The maximum absolute atomic E-state index is 13.0. The summed E-state index contributed by atoms with van der Waals surface area (Å²) >= 11 is 0. The van der Waals surface area contributed by atoms with Gasteiger partial charge in [0, 0.05) is 29.2 Å². The van der Waals surface area contributed by atoms with Crippen molar-refractivity contribution in [2.45, 2.75) is 12.5 Å². The fraction of sp³-hybridized carbons (Fsp3) is 0.143. The van der Waals surface area contributed by atoms with Gasteiger partial charge >= 0.3 is 0 Å². The second-order valence-electron chi connectivity index (χ2n) is 6.69. The van der Waals surface area contributed by atoms with E-state index in [4.69, 9.17) is 0 Å². The van der Waals surface area contributed by atoms with Crippen LogP contribution < -0.4 is 0 Å². The summed E-state index contributed by atoms with van der Waals surface area (Å²) in [6, 6.07) is 18.5. The van der Waals surface area contributed by atoms with Crippen molar-refractivity contribution in [3.63, 3.8) is 0 Å². The number of aromatic nitrogens is 3.